The second-order valence-electron chi connectivity index (χ2n) is 7.05. The van der Waals surface area contributed by atoms with E-state index in [-0.39, 0.29) is 17.9 Å². The summed E-state index contributed by atoms with van der Waals surface area (Å²) in [5.74, 6) is -2.16. The van der Waals surface area contributed by atoms with Gasteiger partial charge in [0.1, 0.15) is 23.0 Å². The highest BCUT2D eigenvalue weighted by atomic mass is 19.3. The van der Waals surface area contributed by atoms with Crippen LogP contribution in [0.5, 0.6) is 5.75 Å². The molecule has 0 bridgehead atoms. The van der Waals surface area contributed by atoms with E-state index in [1.807, 2.05) is 0 Å². The number of rotatable bonds is 7. The predicted molar refractivity (Wildman–Crippen MR) is 95.9 cm³/mol. The fourth-order valence-corrected chi connectivity index (χ4v) is 3.25. The number of hydrogen-bond acceptors (Lipinski definition) is 5. The van der Waals surface area contributed by atoms with Crippen molar-refractivity contribution in [3.63, 3.8) is 0 Å². The molecule has 0 aliphatic carbocycles. The molecule has 0 N–H and O–H groups in total. The third-order valence-electron chi connectivity index (χ3n) is 5.08. The van der Waals surface area contributed by atoms with Crippen molar-refractivity contribution in [2.75, 3.05) is 6.61 Å². The molecular formula is C19H14F6N4O3. The Morgan fingerprint density at radius 1 is 1.12 bits per heavy atom. The zero-order valence-electron chi connectivity index (χ0n) is 16.2. The average Bonchev–Trinajstić information content (AvgIpc) is 3.44. The summed E-state index contributed by atoms with van der Waals surface area (Å²) in [4.78, 5) is 12.8. The second kappa shape index (κ2) is 7.65. The summed E-state index contributed by atoms with van der Waals surface area (Å²) in [6.07, 6.45) is -8.69. The molecule has 3 aromatic rings. The number of benzene rings is 2. The Kier molecular flexibility index (Phi) is 5.23. The second-order valence-corrected chi connectivity index (χ2v) is 7.05. The van der Waals surface area contributed by atoms with E-state index in [1.165, 1.54) is 6.07 Å². The van der Waals surface area contributed by atoms with Gasteiger partial charge in [-0.25, -0.2) is 13.6 Å². The fourth-order valence-electron chi connectivity index (χ4n) is 3.25. The number of halogens is 6. The van der Waals surface area contributed by atoms with Crippen LogP contribution in [0.1, 0.15) is 18.5 Å². The van der Waals surface area contributed by atoms with Crippen molar-refractivity contribution in [1.82, 2.24) is 19.8 Å². The van der Waals surface area contributed by atoms with Crippen LogP contribution in [0.15, 0.2) is 47.3 Å². The first-order valence-electron chi connectivity index (χ1n) is 9.14. The van der Waals surface area contributed by atoms with Crippen LogP contribution in [0.4, 0.5) is 26.3 Å². The summed E-state index contributed by atoms with van der Waals surface area (Å²) in [6, 6.07) is 6.35. The molecular weight excluding hydrogens is 446 g/mol. The lowest BCUT2D eigenvalue weighted by Crippen LogP contribution is -2.34. The van der Waals surface area contributed by atoms with E-state index >= 15 is 0 Å². The lowest BCUT2D eigenvalue weighted by atomic mass is 9.92. The van der Waals surface area contributed by atoms with Crippen molar-refractivity contribution in [2.24, 2.45) is 0 Å². The van der Waals surface area contributed by atoms with Gasteiger partial charge >= 0.3 is 18.2 Å². The molecule has 0 amide bonds. The molecule has 1 saturated heterocycles. The summed E-state index contributed by atoms with van der Waals surface area (Å²) in [6.45, 7) is 1.60. The van der Waals surface area contributed by atoms with Crippen LogP contribution in [0.25, 0.3) is 5.69 Å². The number of nitrogens with zero attached hydrogens (tertiary/aromatic N) is 4. The Bertz CT molecular complexity index is 1190. The van der Waals surface area contributed by atoms with Crippen LogP contribution >= 0.6 is 0 Å². The molecule has 0 radical (unpaired) electrons. The number of ether oxygens (including phenoxy) is 2. The maximum absolute atomic E-state index is 14.3. The molecule has 1 fully saturated rings. The monoisotopic (exact) mass is 460 g/mol. The number of aromatic nitrogens is 4. The summed E-state index contributed by atoms with van der Waals surface area (Å²) < 4.78 is 89.2. The minimum atomic E-state index is -4.68. The van der Waals surface area contributed by atoms with Gasteiger partial charge in [0.2, 0.25) is 0 Å². The van der Waals surface area contributed by atoms with E-state index in [0.29, 0.717) is 6.07 Å². The largest absolute Gasteiger partial charge is 0.461 e. The summed E-state index contributed by atoms with van der Waals surface area (Å²) >= 11 is 0. The zero-order valence-corrected chi connectivity index (χ0v) is 16.2. The lowest BCUT2D eigenvalue weighted by Gasteiger charge is -2.20. The van der Waals surface area contributed by atoms with Crippen molar-refractivity contribution in [2.45, 2.75) is 31.1 Å². The van der Waals surface area contributed by atoms with Gasteiger partial charge in [0, 0.05) is 11.6 Å². The number of epoxide rings is 1. The van der Waals surface area contributed by atoms with Gasteiger partial charge in [-0.15, -0.1) is 0 Å². The molecule has 7 nitrogen and oxygen atoms in total. The predicted octanol–water partition coefficient (Wildman–Crippen LogP) is 3.43. The first-order chi connectivity index (χ1) is 15.0. The van der Waals surface area contributed by atoms with E-state index in [0.717, 1.165) is 39.7 Å². The average molecular weight is 460 g/mol. The first kappa shape index (κ1) is 21.9. The van der Waals surface area contributed by atoms with Gasteiger partial charge in [-0.2, -0.15) is 26.9 Å². The smallest absolute Gasteiger partial charge is 0.428 e. The topological polar surface area (TPSA) is 74.5 Å². The summed E-state index contributed by atoms with van der Waals surface area (Å²) in [7, 11) is 0. The summed E-state index contributed by atoms with van der Waals surface area (Å²) in [5.41, 5.74) is -1.88. The summed E-state index contributed by atoms with van der Waals surface area (Å²) in [5, 5.41) is 7.48. The third kappa shape index (κ3) is 3.72. The minimum Gasteiger partial charge on any atom is -0.428 e. The van der Waals surface area contributed by atoms with Crippen LogP contribution in [-0.2, 0) is 10.3 Å². The third-order valence-corrected chi connectivity index (χ3v) is 5.08. The van der Waals surface area contributed by atoms with E-state index in [9.17, 15) is 31.1 Å². The Morgan fingerprint density at radius 2 is 1.78 bits per heavy atom. The van der Waals surface area contributed by atoms with E-state index in [4.69, 9.17) is 4.74 Å². The van der Waals surface area contributed by atoms with E-state index in [1.54, 1.807) is 6.92 Å². The van der Waals surface area contributed by atoms with Crippen LogP contribution in [0.3, 0.4) is 0 Å². The molecule has 1 aliphatic rings. The molecule has 170 valence electrons. The van der Waals surface area contributed by atoms with Gasteiger partial charge in [0.15, 0.2) is 0 Å². The van der Waals surface area contributed by atoms with Crippen LogP contribution in [-0.4, -0.2) is 38.9 Å². The van der Waals surface area contributed by atoms with E-state index in [2.05, 4.69) is 15.2 Å². The molecule has 32 heavy (non-hydrogen) atoms. The Balaban J connectivity index is 1.59. The molecule has 0 saturated carbocycles. The maximum Gasteiger partial charge on any atom is 0.461 e. The van der Waals surface area contributed by atoms with Crippen LogP contribution in [0, 0.1) is 11.6 Å². The molecule has 4 rings (SSSR count). The quantitative estimate of drug-likeness (QED) is 0.399. The van der Waals surface area contributed by atoms with Crippen molar-refractivity contribution in [3.05, 3.63) is 70.1 Å². The van der Waals surface area contributed by atoms with Crippen molar-refractivity contribution in [1.29, 1.82) is 0 Å². The van der Waals surface area contributed by atoms with E-state index < -0.39 is 47.3 Å². The number of tetrazole rings is 1. The van der Waals surface area contributed by atoms with Crippen molar-refractivity contribution in [3.8, 4) is 11.4 Å². The fraction of sp³-hybridized carbons (Fsp3) is 0.316. The highest BCUT2D eigenvalue weighted by Gasteiger charge is 2.55. The van der Waals surface area contributed by atoms with Crippen LogP contribution in [0.2, 0.25) is 0 Å². The number of hydrogen-bond donors (Lipinski definition) is 0. The standard InChI is InChI=1S/C19H14F6N4O3/c1-10(18(9-31-18)14-7-2-11(20)8-15(14)21)28-17(30)29(27-26-28)12-3-5-13(6-4-12)32-19(24,25)16(22)23/h2-8,10,16H,9H2,1H3/t10-,18-/m1/s1. The van der Waals surface area contributed by atoms with Gasteiger partial charge < -0.3 is 9.47 Å². The van der Waals surface area contributed by atoms with Gasteiger partial charge in [0.05, 0.1) is 18.3 Å². The van der Waals surface area contributed by atoms with Gasteiger partial charge in [-0.1, -0.05) is 6.07 Å². The molecule has 0 spiro atoms. The SMILES string of the molecule is C[C@@H](n1nnn(-c2ccc(OC(F)(F)C(F)F)cc2)c1=O)[C@@]1(c2ccc(F)cc2F)CO1. The van der Waals surface area contributed by atoms with Gasteiger partial charge in [0.25, 0.3) is 0 Å². The first-order valence-corrected chi connectivity index (χ1v) is 9.14. The molecule has 2 heterocycles. The highest BCUT2D eigenvalue weighted by molar-refractivity contribution is 5.36. The van der Waals surface area contributed by atoms with Gasteiger partial charge in [-0.3, -0.25) is 0 Å². The van der Waals surface area contributed by atoms with Gasteiger partial charge in [-0.05, 0) is 47.7 Å². The molecule has 13 heteroatoms. The Hall–Kier alpha value is -3.35. The molecule has 1 aliphatic heterocycles. The number of alkyl halides is 4. The molecule has 2 atom stereocenters. The molecule has 0 unspecified atom stereocenters. The molecule has 1 aromatic heterocycles. The maximum atomic E-state index is 14.3. The zero-order chi connectivity index (χ0) is 23.3. The Labute approximate surface area is 175 Å². The highest BCUT2D eigenvalue weighted by Crippen LogP contribution is 2.48. The normalized spacial score (nSPS) is 19.2. The van der Waals surface area contributed by atoms with Crippen molar-refractivity contribution < 1.29 is 35.8 Å². The lowest BCUT2D eigenvalue weighted by molar-refractivity contribution is -0.253. The molecule has 2 aromatic carbocycles. The van der Waals surface area contributed by atoms with Crippen LogP contribution < -0.4 is 10.4 Å². The minimum absolute atomic E-state index is 0.0503. The Morgan fingerprint density at radius 3 is 2.34 bits per heavy atom. The van der Waals surface area contributed by atoms with Crippen molar-refractivity contribution >= 4 is 0 Å².